The van der Waals surface area contributed by atoms with Gasteiger partial charge in [0.05, 0.1) is 28.7 Å². The molecule has 0 radical (unpaired) electrons. The predicted molar refractivity (Wildman–Crippen MR) is 130 cm³/mol. The average molecular weight is 523 g/mol. The van der Waals surface area contributed by atoms with Gasteiger partial charge < -0.3 is 14.3 Å². The number of rotatable bonds is 13. The van der Waals surface area contributed by atoms with Crippen LogP contribution in [0.1, 0.15) is 16.1 Å². The lowest BCUT2D eigenvalue weighted by atomic mass is 10.1. The number of oxime groups is 1. The minimum Gasteiger partial charge on any atom is -0.389 e. The summed E-state index contributed by atoms with van der Waals surface area (Å²) in [5.41, 5.74) is 0.974. The number of nitrogens with zero attached hydrogens (tertiary/aromatic N) is 4. The third-order valence-corrected chi connectivity index (χ3v) is 7.41. The van der Waals surface area contributed by atoms with E-state index in [2.05, 4.69) is 25.7 Å². The lowest BCUT2D eigenvalue weighted by molar-refractivity contribution is -0.110. The van der Waals surface area contributed by atoms with Crippen molar-refractivity contribution < 1.29 is 27.5 Å². The summed E-state index contributed by atoms with van der Waals surface area (Å²) in [6.07, 6.45) is 3.17. The zero-order valence-electron chi connectivity index (χ0n) is 19.4. The Bertz CT molecular complexity index is 1230. The maximum atomic E-state index is 13.0. The molecule has 0 saturated heterocycles. The number of amides is 1. The number of aromatic amines is 1. The molecule has 0 aliphatic carbocycles. The molecule has 2 N–H and O–H groups in total. The van der Waals surface area contributed by atoms with Gasteiger partial charge in [-0.15, -0.1) is 0 Å². The number of hydrogen-bond donors (Lipinski definition) is 2. The lowest BCUT2D eigenvalue weighted by Crippen LogP contribution is -2.30. The molecule has 188 valence electrons. The Kier molecular flexibility index (Phi) is 9.45. The molecule has 3 aromatic rings. The standard InChI is InChI=1S/C21H26N6O6S2/c1-27(10-11-31-2)35(29,30)18-6-4-15(5-7-18)19(26-33-13-16-8-9-23-25-16)20(28)24-21-22-12-17(34-21)14-32-3/h4-9,12H,10-11,13-14H2,1-3H3,(H,23,25)(H,22,24,28)/b26-19+. The van der Waals surface area contributed by atoms with Crippen LogP contribution in [0.2, 0.25) is 0 Å². The van der Waals surface area contributed by atoms with Gasteiger partial charge in [-0.1, -0.05) is 28.6 Å². The molecular weight excluding hydrogens is 496 g/mol. The predicted octanol–water partition coefficient (Wildman–Crippen LogP) is 1.84. The molecule has 3 rings (SSSR count). The SMILES string of the molecule is COCCN(C)S(=O)(=O)c1ccc(/C(=N\OCc2ccn[nH]2)C(=O)Nc2ncc(COC)s2)cc1. The maximum absolute atomic E-state index is 13.0. The van der Waals surface area contributed by atoms with Crippen LogP contribution >= 0.6 is 11.3 Å². The first-order valence-electron chi connectivity index (χ1n) is 10.3. The fourth-order valence-corrected chi connectivity index (χ4v) is 4.73. The summed E-state index contributed by atoms with van der Waals surface area (Å²) in [7, 11) is 0.817. The molecule has 0 saturated carbocycles. The number of ether oxygens (including phenoxy) is 2. The molecule has 1 amide bonds. The first kappa shape index (κ1) is 26.4. The number of nitrogens with one attached hydrogen (secondary N) is 2. The molecule has 0 bridgehead atoms. The van der Waals surface area contributed by atoms with Gasteiger partial charge in [0.25, 0.3) is 5.91 Å². The number of likely N-dealkylation sites (N-methyl/N-ethyl adjacent to an activating group) is 1. The van der Waals surface area contributed by atoms with E-state index in [0.717, 1.165) is 4.88 Å². The summed E-state index contributed by atoms with van der Waals surface area (Å²) in [4.78, 5) is 23.5. The average Bonchev–Trinajstić information content (AvgIpc) is 3.53. The highest BCUT2D eigenvalue weighted by molar-refractivity contribution is 7.89. The molecule has 0 aliphatic heterocycles. The number of H-pyrrole nitrogens is 1. The van der Waals surface area contributed by atoms with Crippen molar-refractivity contribution in [1.82, 2.24) is 19.5 Å². The van der Waals surface area contributed by atoms with Crippen molar-refractivity contribution in [2.24, 2.45) is 5.16 Å². The van der Waals surface area contributed by atoms with E-state index in [1.54, 1.807) is 25.6 Å². The molecule has 1 aromatic carbocycles. The Labute approximate surface area is 207 Å². The van der Waals surface area contributed by atoms with Crippen LogP contribution in [0.15, 0.2) is 52.8 Å². The van der Waals surface area contributed by atoms with Crippen LogP contribution in [-0.2, 0) is 42.3 Å². The molecule has 0 aliphatic rings. The molecule has 12 nitrogen and oxygen atoms in total. The molecule has 35 heavy (non-hydrogen) atoms. The van der Waals surface area contributed by atoms with E-state index < -0.39 is 15.9 Å². The zero-order chi connectivity index (χ0) is 25.3. The molecule has 0 unspecified atom stereocenters. The minimum absolute atomic E-state index is 0.0512. The third-order valence-electron chi connectivity index (χ3n) is 4.66. The number of carbonyl (C=O) groups excluding carboxylic acids is 1. The van der Waals surface area contributed by atoms with Crippen molar-refractivity contribution in [3.63, 3.8) is 0 Å². The van der Waals surface area contributed by atoms with Gasteiger partial charge in [0.15, 0.2) is 17.5 Å². The molecular formula is C21H26N6O6S2. The smallest absolute Gasteiger partial charge is 0.280 e. The van der Waals surface area contributed by atoms with Crippen LogP contribution in [0.5, 0.6) is 0 Å². The number of thiazole rings is 1. The second kappa shape index (κ2) is 12.5. The van der Waals surface area contributed by atoms with Crippen LogP contribution in [0.4, 0.5) is 5.13 Å². The summed E-state index contributed by atoms with van der Waals surface area (Å²) in [5.74, 6) is -0.569. The van der Waals surface area contributed by atoms with Crippen molar-refractivity contribution in [3.8, 4) is 0 Å². The van der Waals surface area contributed by atoms with Gasteiger partial charge in [-0.2, -0.15) is 9.40 Å². The molecule has 0 atom stereocenters. The number of sulfonamides is 1. The second-order valence-electron chi connectivity index (χ2n) is 7.16. The van der Waals surface area contributed by atoms with E-state index in [0.29, 0.717) is 23.0 Å². The number of anilines is 1. The number of hydrogen-bond acceptors (Lipinski definition) is 10. The summed E-state index contributed by atoms with van der Waals surface area (Å²) >= 11 is 1.26. The van der Waals surface area contributed by atoms with E-state index in [9.17, 15) is 13.2 Å². The van der Waals surface area contributed by atoms with Gasteiger partial charge in [-0.25, -0.2) is 13.4 Å². The Morgan fingerprint density at radius 3 is 2.60 bits per heavy atom. The van der Waals surface area contributed by atoms with Gasteiger partial charge in [0, 0.05) is 45.8 Å². The molecule has 2 aromatic heterocycles. The zero-order valence-corrected chi connectivity index (χ0v) is 21.1. The molecule has 14 heteroatoms. The van der Waals surface area contributed by atoms with E-state index in [1.807, 2.05) is 0 Å². The minimum atomic E-state index is -3.72. The van der Waals surface area contributed by atoms with Gasteiger partial charge in [-0.3, -0.25) is 15.2 Å². The summed E-state index contributed by atoms with van der Waals surface area (Å²) in [6.45, 7) is 0.899. The first-order chi connectivity index (χ1) is 16.8. The van der Waals surface area contributed by atoms with E-state index in [4.69, 9.17) is 14.3 Å². The fourth-order valence-electron chi connectivity index (χ4n) is 2.79. The van der Waals surface area contributed by atoms with Gasteiger partial charge in [0.2, 0.25) is 10.0 Å². The topological polar surface area (TPSA) is 148 Å². The second-order valence-corrected chi connectivity index (χ2v) is 10.3. The Morgan fingerprint density at radius 2 is 1.94 bits per heavy atom. The van der Waals surface area contributed by atoms with Crippen molar-refractivity contribution in [2.45, 2.75) is 18.1 Å². The number of benzene rings is 1. The van der Waals surface area contributed by atoms with Crippen molar-refractivity contribution in [2.75, 3.05) is 39.7 Å². The highest BCUT2D eigenvalue weighted by Crippen LogP contribution is 2.20. The fraction of sp³-hybridized carbons (Fsp3) is 0.333. The lowest BCUT2D eigenvalue weighted by Gasteiger charge is -2.17. The molecule has 2 heterocycles. The first-order valence-corrected chi connectivity index (χ1v) is 12.6. The van der Waals surface area contributed by atoms with Crippen LogP contribution in [0.25, 0.3) is 0 Å². The van der Waals surface area contributed by atoms with Crippen LogP contribution in [-0.4, -0.2) is 73.9 Å². The van der Waals surface area contributed by atoms with Crippen LogP contribution in [0.3, 0.4) is 0 Å². The van der Waals surface area contributed by atoms with Gasteiger partial charge in [0.1, 0.15) is 0 Å². The van der Waals surface area contributed by atoms with Gasteiger partial charge in [-0.05, 0) is 18.2 Å². The van der Waals surface area contributed by atoms with Crippen molar-refractivity contribution in [3.05, 3.63) is 58.9 Å². The van der Waals surface area contributed by atoms with E-state index in [1.165, 1.54) is 54.1 Å². The summed E-state index contributed by atoms with van der Waals surface area (Å²) in [5, 5.41) is 13.6. The third kappa shape index (κ3) is 7.16. The van der Waals surface area contributed by atoms with Crippen molar-refractivity contribution >= 4 is 38.1 Å². The highest BCUT2D eigenvalue weighted by Gasteiger charge is 2.22. The highest BCUT2D eigenvalue weighted by atomic mass is 32.2. The van der Waals surface area contributed by atoms with Crippen LogP contribution < -0.4 is 5.32 Å². The van der Waals surface area contributed by atoms with Crippen molar-refractivity contribution in [1.29, 1.82) is 0 Å². The quantitative estimate of drug-likeness (QED) is 0.255. The number of methoxy groups -OCH3 is 2. The maximum Gasteiger partial charge on any atom is 0.280 e. The summed E-state index contributed by atoms with van der Waals surface area (Å²) in [6, 6.07) is 7.51. The van der Waals surface area contributed by atoms with E-state index >= 15 is 0 Å². The summed E-state index contributed by atoms with van der Waals surface area (Å²) < 4.78 is 36.7. The van der Waals surface area contributed by atoms with Crippen LogP contribution in [0, 0.1) is 0 Å². The largest absolute Gasteiger partial charge is 0.389 e. The Morgan fingerprint density at radius 1 is 1.17 bits per heavy atom. The molecule has 0 spiro atoms. The number of aromatic nitrogens is 3. The Hall–Kier alpha value is -3.17. The van der Waals surface area contributed by atoms with Gasteiger partial charge >= 0.3 is 0 Å². The monoisotopic (exact) mass is 522 g/mol. The Balaban J connectivity index is 1.82. The normalized spacial score (nSPS) is 12.2. The molecule has 0 fully saturated rings. The number of carbonyl (C=O) groups is 1. The van der Waals surface area contributed by atoms with E-state index in [-0.39, 0.29) is 30.4 Å².